The van der Waals surface area contributed by atoms with E-state index < -0.39 is 0 Å². The average molecular weight is 273 g/mol. The van der Waals surface area contributed by atoms with Crippen LogP contribution in [0.3, 0.4) is 0 Å². The molecule has 0 spiro atoms. The fourth-order valence-electron chi connectivity index (χ4n) is 1.24. The molecule has 2 heteroatoms. The van der Waals surface area contributed by atoms with Gasteiger partial charge in [-0.15, -0.1) is 0 Å². The first-order valence-corrected chi connectivity index (χ1v) is 7.39. The lowest BCUT2D eigenvalue weighted by Gasteiger charge is -2.01. The largest absolute Gasteiger partial charge is 0.157 e. The zero-order valence-corrected chi connectivity index (χ0v) is 10.8. The summed E-state index contributed by atoms with van der Waals surface area (Å²) in [5, 5.41) is 1.15. The third kappa shape index (κ3) is 5.71. The summed E-state index contributed by atoms with van der Waals surface area (Å²) in [4.78, 5) is 0. The van der Waals surface area contributed by atoms with Crippen molar-refractivity contribution < 1.29 is 0 Å². The number of hydrogen-bond acceptors (Lipinski definition) is 1. The minimum atomic E-state index is 1.15. The van der Waals surface area contributed by atoms with Crippen LogP contribution < -0.4 is 0 Å². The Balaban J connectivity index is 1.99. The van der Waals surface area contributed by atoms with Crippen LogP contribution >= 0.6 is 27.7 Å². The first-order chi connectivity index (χ1) is 6.93. The molecular weight excluding hydrogens is 256 g/mol. The van der Waals surface area contributed by atoms with Gasteiger partial charge in [0.25, 0.3) is 0 Å². The van der Waals surface area contributed by atoms with Crippen LogP contribution in [0.5, 0.6) is 0 Å². The Morgan fingerprint density at radius 2 is 1.79 bits per heavy atom. The van der Waals surface area contributed by atoms with Gasteiger partial charge >= 0.3 is 0 Å². The van der Waals surface area contributed by atoms with Crippen molar-refractivity contribution in [1.82, 2.24) is 0 Å². The van der Waals surface area contributed by atoms with Gasteiger partial charge in [0, 0.05) is 11.1 Å². The fourth-order valence-corrected chi connectivity index (χ4v) is 2.62. The summed E-state index contributed by atoms with van der Waals surface area (Å²) >= 11 is 5.49. The van der Waals surface area contributed by atoms with Crippen LogP contribution in [0, 0.1) is 0 Å². The molecule has 0 N–H and O–H groups in total. The molecule has 0 nitrogen and oxygen atoms in total. The predicted octanol–water partition coefficient (Wildman–Crippen LogP) is 4.49. The van der Waals surface area contributed by atoms with E-state index in [4.69, 9.17) is 0 Å². The summed E-state index contributed by atoms with van der Waals surface area (Å²) in [6, 6.07) is 10.7. The second-order valence-electron chi connectivity index (χ2n) is 3.29. The summed E-state index contributed by atoms with van der Waals surface area (Å²) < 4.78 is 0. The van der Waals surface area contributed by atoms with E-state index in [1.165, 1.54) is 30.6 Å². The molecule has 0 aromatic heterocycles. The predicted molar refractivity (Wildman–Crippen MR) is 70.2 cm³/mol. The molecule has 0 fully saturated rings. The van der Waals surface area contributed by atoms with Crippen LogP contribution in [-0.2, 0) is 5.75 Å². The molecule has 0 aliphatic carbocycles. The van der Waals surface area contributed by atoms with Crippen molar-refractivity contribution >= 4 is 27.7 Å². The van der Waals surface area contributed by atoms with Gasteiger partial charge in [0.05, 0.1) is 0 Å². The molecule has 0 saturated carbocycles. The summed E-state index contributed by atoms with van der Waals surface area (Å²) in [6.45, 7) is 0. The van der Waals surface area contributed by atoms with Crippen molar-refractivity contribution in [3.63, 3.8) is 0 Å². The number of benzene rings is 1. The van der Waals surface area contributed by atoms with Gasteiger partial charge < -0.3 is 0 Å². The highest BCUT2D eigenvalue weighted by Gasteiger charge is 1.92. The van der Waals surface area contributed by atoms with E-state index in [-0.39, 0.29) is 0 Å². The molecule has 0 bridgehead atoms. The summed E-state index contributed by atoms with van der Waals surface area (Å²) in [6.07, 6.45) is 4.02. The van der Waals surface area contributed by atoms with Crippen LogP contribution in [0.25, 0.3) is 0 Å². The molecule has 0 heterocycles. The van der Waals surface area contributed by atoms with E-state index in [0.717, 1.165) is 11.1 Å². The fraction of sp³-hybridized carbons (Fsp3) is 0.500. The minimum absolute atomic E-state index is 1.15. The van der Waals surface area contributed by atoms with Gasteiger partial charge in [0.1, 0.15) is 0 Å². The quantitative estimate of drug-likeness (QED) is 0.521. The van der Waals surface area contributed by atoms with Crippen molar-refractivity contribution in [1.29, 1.82) is 0 Å². The number of alkyl halides is 1. The maximum atomic E-state index is 3.45. The standard InChI is InChI=1S/C12H17BrS/c13-9-5-2-6-10-14-11-12-7-3-1-4-8-12/h1,3-4,7-8H,2,5-6,9-11H2. The smallest absolute Gasteiger partial charge is 0.0184 e. The number of halogens is 1. The molecule has 14 heavy (non-hydrogen) atoms. The minimum Gasteiger partial charge on any atom is -0.157 e. The molecule has 0 amide bonds. The second kappa shape index (κ2) is 8.37. The molecule has 0 unspecified atom stereocenters. The third-order valence-electron chi connectivity index (χ3n) is 2.03. The van der Waals surface area contributed by atoms with E-state index in [1.807, 2.05) is 11.8 Å². The highest BCUT2D eigenvalue weighted by Crippen LogP contribution is 2.14. The zero-order valence-electron chi connectivity index (χ0n) is 8.42. The van der Waals surface area contributed by atoms with Gasteiger partial charge in [0.15, 0.2) is 0 Å². The molecule has 1 rings (SSSR count). The van der Waals surface area contributed by atoms with Gasteiger partial charge in [0.2, 0.25) is 0 Å². The van der Waals surface area contributed by atoms with E-state index in [9.17, 15) is 0 Å². The van der Waals surface area contributed by atoms with Crippen LogP contribution in [0.4, 0.5) is 0 Å². The average Bonchev–Trinajstić information content (AvgIpc) is 2.25. The Morgan fingerprint density at radius 1 is 1.00 bits per heavy atom. The third-order valence-corrected chi connectivity index (χ3v) is 3.71. The monoisotopic (exact) mass is 272 g/mol. The lowest BCUT2D eigenvalue weighted by molar-refractivity contribution is 0.788. The van der Waals surface area contributed by atoms with Crippen molar-refractivity contribution in [2.45, 2.75) is 25.0 Å². The first-order valence-electron chi connectivity index (χ1n) is 5.11. The van der Waals surface area contributed by atoms with Crippen molar-refractivity contribution in [2.24, 2.45) is 0 Å². The van der Waals surface area contributed by atoms with Gasteiger partial charge in [-0.05, 0) is 24.2 Å². The molecule has 0 radical (unpaired) electrons. The van der Waals surface area contributed by atoms with Crippen LogP contribution in [0.2, 0.25) is 0 Å². The molecule has 1 aromatic rings. The van der Waals surface area contributed by atoms with Crippen molar-refractivity contribution in [3.05, 3.63) is 35.9 Å². The van der Waals surface area contributed by atoms with Crippen LogP contribution in [-0.4, -0.2) is 11.1 Å². The summed E-state index contributed by atoms with van der Waals surface area (Å²) in [5.41, 5.74) is 1.44. The Labute approximate surface area is 99.6 Å². The lowest BCUT2D eigenvalue weighted by atomic mass is 10.2. The van der Waals surface area contributed by atoms with Gasteiger partial charge in [-0.2, -0.15) is 11.8 Å². The van der Waals surface area contributed by atoms with Crippen LogP contribution in [0.1, 0.15) is 24.8 Å². The maximum absolute atomic E-state index is 3.45. The van der Waals surface area contributed by atoms with E-state index >= 15 is 0 Å². The Bertz CT molecular complexity index is 223. The number of rotatable bonds is 7. The molecule has 78 valence electrons. The number of thioether (sulfide) groups is 1. The SMILES string of the molecule is BrCCCCCSCc1ccccc1. The second-order valence-corrected chi connectivity index (χ2v) is 5.19. The normalized spacial score (nSPS) is 10.4. The number of hydrogen-bond donors (Lipinski definition) is 0. The van der Waals surface area contributed by atoms with Gasteiger partial charge in [-0.1, -0.05) is 52.7 Å². The Morgan fingerprint density at radius 3 is 2.50 bits per heavy atom. The molecule has 0 saturated heterocycles. The maximum Gasteiger partial charge on any atom is 0.0184 e. The van der Waals surface area contributed by atoms with Gasteiger partial charge in [-0.25, -0.2) is 0 Å². The molecule has 0 atom stereocenters. The van der Waals surface area contributed by atoms with E-state index in [1.54, 1.807) is 0 Å². The van der Waals surface area contributed by atoms with Crippen LogP contribution in [0.15, 0.2) is 30.3 Å². The van der Waals surface area contributed by atoms with E-state index in [2.05, 4.69) is 46.3 Å². The molecule has 0 aliphatic rings. The first kappa shape index (κ1) is 12.1. The highest BCUT2D eigenvalue weighted by molar-refractivity contribution is 9.09. The zero-order chi connectivity index (χ0) is 10.1. The molecule has 0 aliphatic heterocycles. The van der Waals surface area contributed by atoms with Crippen molar-refractivity contribution in [2.75, 3.05) is 11.1 Å². The Kier molecular flexibility index (Phi) is 7.24. The van der Waals surface area contributed by atoms with Gasteiger partial charge in [-0.3, -0.25) is 0 Å². The lowest BCUT2D eigenvalue weighted by Crippen LogP contribution is -1.84. The van der Waals surface area contributed by atoms with E-state index in [0.29, 0.717) is 0 Å². The molecular formula is C12H17BrS. The molecule has 1 aromatic carbocycles. The highest BCUT2D eigenvalue weighted by atomic mass is 79.9. The Hall–Kier alpha value is 0.0500. The van der Waals surface area contributed by atoms with Crippen molar-refractivity contribution in [3.8, 4) is 0 Å². The number of unbranched alkanes of at least 4 members (excludes halogenated alkanes) is 2. The summed E-state index contributed by atoms with van der Waals surface area (Å²) in [7, 11) is 0. The topological polar surface area (TPSA) is 0 Å². The summed E-state index contributed by atoms with van der Waals surface area (Å²) in [5.74, 6) is 2.46.